The van der Waals surface area contributed by atoms with E-state index in [9.17, 15) is 10.2 Å². The predicted molar refractivity (Wildman–Crippen MR) is 96.0 cm³/mol. The van der Waals surface area contributed by atoms with Crippen LogP contribution in [0.25, 0.3) is 32.6 Å². The number of aromatic nitrogens is 1. The van der Waals surface area contributed by atoms with Gasteiger partial charge in [0.1, 0.15) is 6.10 Å². The second kappa shape index (κ2) is 5.00. The Kier molecular flexibility index (Phi) is 2.90. The van der Waals surface area contributed by atoms with Gasteiger partial charge < -0.3 is 10.2 Å². The monoisotopic (exact) mass is 315 g/mol. The Hall–Kier alpha value is -2.49. The van der Waals surface area contributed by atoms with Gasteiger partial charge in [-0.15, -0.1) is 0 Å². The molecule has 0 saturated carbocycles. The van der Waals surface area contributed by atoms with Crippen LogP contribution in [-0.2, 0) is 6.42 Å². The van der Waals surface area contributed by atoms with Crippen molar-refractivity contribution in [1.82, 2.24) is 4.98 Å². The van der Waals surface area contributed by atoms with Crippen LogP contribution in [0.5, 0.6) is 0 Å². The molecule has 2 atom stereocenters. The first-order chi connectivity index (χ1) is 11.7. The molecule has 0 saturated heterocycles. The van der Waals surface area contributed by atoms with Gasteiger partial charge >= 0.3 is 0 Å². The molecule has 0 radical (unpaired) electrons. The maximum Gasteiger partial charge on any atom is 0.105 e. The highest BCUT2D eigenvalue weighted by molar-refractivity contribution is 6.08. The van der Waals surface area contributed by atoms with Crippen LogP contribution in [0.2, 0.25) is 0 Å². The van der Waals surface area contributed by atoms with Crippen LogP contribution in [0, 0.1) is 0 Å². The lowest BCUT2D eigenvalue weighted by atomic mass is 9.85. The SMILES string of the molecule is OC1CCc2c(ccc3cc4ccc5ccccc5c4nc23)C1O. The molecule has 3 nitrogen and oxygen atoms in total. The fraction of sp³-hybridized carbons (Fsp3) is 0.190. The Morgan fingerprint density at radius 2 is 1.58 bits per heavy atom. The molecule has 1 aromatic heterocycles. The Bertz CT molecular complexity index is 1100. The van der Waals surface area contributed by atoms with Crippen LogP contribution in [0.3, 0.4) is 0 Å². The van der Waals surface area contributed by atoms with Crippen molar-refractivity contribution in [2.45, 2.75) is 25.0 Å². The first-order valence-electron chi connectivity index (χ1n) is 8.32. The minimum atomic E-state index is -0.817. The normalized spacial score (nSPS) is 20.6. The van der Waals surface area contributed by atoms with Crippen LogP contribution in [0.4, 0.5) is 0 Å². The summed E-state index contributed by atoms with van der Waals surface area (Å²) in [6.45, 7) is 0. The van der Waals surface area contributed by atoms with Crippen molar-refractivity contribution < 1.29 is 10.2 Å². The van der Waals surface area contributed by atoms with Crippen LogP contribution in [0.1, 0.15) is 23.7 Å². The summed E-state index contributed by atoms with van der Waals surface area (Å²) < 4.78 is 0. The topological polar surface area (TPSA) is 53.4 Å². The summed E-state index contributed by atoms with van der Waals surface area (Å²) in [5.41, 5.74) is 3.82. The molecule has 24 heavy (non-hydrogen) atoms. The van der Waals surface area contributed by atoms with E-state index < -0.39 is 12.2 Å². The van der Waals surface area contributed by atoms with Crippen molar-refractivity contribution in [3.63, 3.8) is 0 Å². The van der Waals surface area contributed by atoms with Gasteiger partial charge in [-0.05, 0) is 35.4 Å². The Morgan fingerprint density at radius 3 is 2.50 bits per heavy atom. The average molecular weight is 315 g/mol. The first kappa shape index (κ1) is 13.9. The minimum absolute atomic E-state index is 0.572. The summed E-state index contributed by atoms with van der Waals surface area (Å²) in [6, 6.07) is 18.6. The molecule has 0 fully saturated rings. The number of hydrogen-bond acceptors (Lipinski definition) is 3. The van der Waals surface area contributed by atoms with Gasteiger partial charge in [0.05, 0.1) is 17.1 Å². The van der Waals surface area contributed by atoms with Gasteiger partial charge in [0, 0.05) is 16.2 Å². The lowest BCUT2D eigenvalue weighted by molar-refractivity contribution is 0.00673. The Morgan fingerprint density at radius 1 is 0.833 bits per heavy atom. The zero-order chi connectivity index (χ0) is 16.3. The molecule has 1 heterocycles. The van der Waals surface area contributed by atoms with Gasteiger partial charge in [-0.3, -0.25) is 0 Å². The third-order valence-corrected chi connectivity index (χ3v) is 5.19. The maximum atomic E-state index is 10.3. The average Bonchev–Trinajstić information content (AvgIpc) is 2.63. The second-order valence-corrected chi connectivity index (χ2v) is 6.60. The summed E-state index contributed by atoms with van der Waals surface area (Å²) in [7, 11) is 0. The first-order valence-corrected chi connectivity index (χ1v) is 8.32. The van der Waals surface area contributed by atoms with E-state index in [4.69, 9.17) is 4.98 Å². The third kappa shape index (κ3) is 1.89. The zero-order valence-corrected chi connectivity index (χ0v) is 13.1. The van der Waals surface area contributed by atoms with E-state index in [-0.39, 0.29) is 0 Å². The number of aryl methyl sites for hydroxylation is 1. The Balaban J connectivity index is 1.89. The van der Waals surface area contributed by atoms with E-state index >= 15 is 0 Å². The highest BCUT2D eigenvalue weighted by Gasteiger charge is 2.27. The molecule has 0 amide bonds. The largest absolute Gasteiger partial charge is 0.390 e. The molecule has 0 bridgehead atoms. The van der Waals surface area contributed by atoms with E-state index in [0.717, 1.165) is 44.7 Å². The number of pyridine rings is 1. The number of aliphatic hydroxyl groups excluding tert-OH is 2. The van der Waals surface area contributed by atoms with E-state index in [1.54, 1.807) is 0 Å². The number of hydrogen-bond donors (Lipinski definition) is 2. The van der Waals surface area contributed by atoms with Crippen molar-refractivity contribution in [3.05, 3.63) is 65.7 Å². The number of nitrogens with zero attached hydrogens (tertiary/aromatic N) is 1. The number of aliphatic hydroxyl groups is 2. The minimum Gasteiger partial charge on any atom is -0.390 e. The highest BCUT2D eigenvalue weighted by atomic mass is 16.3. The molecular weight excluding hydrogens is 298 g/mol. The van der Waals surface area contributed by atoms with Crippen molar-refractivity contribution in [1.29, 1.82) is 0 Å². The van der Waals surface area contributed by atoms with E-state index in [1.165, 1.54) is 5.39 Å². The number of fused-ring (bicyclic) bond motifs is 6. The van der Waals surface area contributed by atoms with Crippen LogP contribution in [-0.4, -0.2) is 21.3 Å². The fourth-order valence-corrected chi connectivity index (χ4v) is 3.91. The van der Waals surface area contributed by atoms with Gasteiger partial charge in [0.25, 0.3) is 0 Å². The van der Waals surface area contributed by atoms with Crippen molar-refractivity contribution in [2.24, 2.45) is 0 Å². The summed E-state index contributed by atoms with van der Waals surface area (Å²) in [6.07, 6.45) is -0.184. The predicted octanol–water partition coefficient (Wildman–Crippen LogP) is 3.88. The van der Waals surface area contributed by atoms with Crippen LogP contribution < -0.4 is 0 Å². The summed E-state index contributed by atoms with van der Waals surface area (Å²) in [5, 5.41) is 24.8. The summed E-state index contributed by atoms with van der Waals surface area (Å²) in [5.74, 6) is 0. The second-order valence-electron chi connectivity index (χ2n) is 6.60. The Labute approximate surface area is 139 Å². The number of benzene rings is 3. The lowest BCUT2D eigenvalue weighted by Gasteiger charge is -2.27. The third-order valence-electron chi connectivity index (χ3n) is 5.19. The zero-order valence-electron chi connectivity index (χ0n) is 13.1. The number of rotatable bonds is 0. The molecule has 3 heteroatoms. The van der Waals surface area contributed by atoms with E-state index in [2.05, 4.69) is 30.3 Å². The van der Waals surface area contributed by atoms with Gasteiger partial charge in [-0.1, -0.05) is 48.5 Å². The molecule has 2 N–H and O–H groups in total. The molecular formula is C21H17NO2. The molecule has 118 valence electrons. The summed E-state index contributed by atoms with van der Waals surface area (Å²) in [4.78, 5) is 4.99. The molecule has 3 aromatic carbocycles. The van der Waals surface area contributed by atoms with Crippen LogP contribution >= 0.6 is 0 Å². The molecule has 5 rings (SSSR count). The van der Waals surface area contributed by atoms with Crippen LogP contribution in [0.15, 0.2) is 54.6 Å². The molecule has 2 unspecified atom stereocenters. The highest BCUT2D eigenvalue weighted by Crippen LogP contribution is 2.36. The van der Waals surface area contributed by atoms with Gasteiger partial charge in [0.15, 0.2) is 0 Å². The van der Waals surface area contributed by atoms with Crippen molar-refractivity contribution in [3.8, 4) is 0 Å². The van der Waals surface area contributed by atoms with Gasteiger partial charge in [0.2, 0.25) is 0 Å². The fourth-order valence-electron chi connectivity index (χ4n) is 3.91. The molecule has 0 aliphatic heterocycles. The molecule has 0 spiro atoms. The quantitative estimate of drug-likeness (QED) is 0.382. The van der Waals surface area contributed by atoms with E-state index in [0.29, 0.717) is 6.42 Å². The van der Waals surface area contributed by atoms with E-state index in [1.807, 2.05) is 24.3 Å². The smallest absolute Gasteiger partial charge is 0.105 e. The molecule has 4 aromatic rings. The summed E-state index contributed by atoms with van der Waals surface area (Å²) >= 11 is 0. The molecule has 1 aliphatic rings. The standard InChI is InChI=1S/C21H17NO2/c23-18-10-9-16-17(21(18)24)8-7-14-11-13-6-5-12-3-1-2-4-15(12)19(13)22-20(14)16/h1-8,11,18,21,23-24H,9-10H2. The van der Waals surface area contributed by atoms with Gasteiger partial charge in [-0.2, -0.15) is 0 Å². The maximum absolute atomic E-state index is 10.3. The van der Waals surface area contributed by atoms with Gasteiger partial charge in [-0.25, -0.2) is 4.98 Å². The molecule has 1 aliphatic carbocycles. The lowest BCUT2D eigenvalue weighted by Crippen LogP contribution is -2.25. The van der Waals surface area contributed by atoms with Crippen molar-refractivity contribution in [2.75, 3.05) is 0 Å². The van der Waals surface area contributed by atoms with Crippen molar-refractivity contribution >= 4 is 32.6 Å².